The number of aryl methyl sites for hydroxylation is 1. The standard InChI is InChI=1S/C13H12N2O.C7H8.C2H6/c16-13(9-1-2-9)15-12-4-3-11-8-14-6-5-10(11)7-12;1-7-5-3-2-4-6-7;1-2/h3-9H,1-2H2,(H,15,16);2-6H,1H3;1-2H3. The van der Waals surface area contributed by atoms with Gasteiger partial charge in [-0.3, -0.25) is 9.78 Å². The van der Waals surface area contributed by atoms with Crippen LogP contribution in [0.2, 0.25) is 0 Å². The van der Waals surface area contributed by atoms with E-state index >= 15 is 0 Å². The Morgan fingerprint density at radius 1 is 1.00 bits per heavy atom. The molecule has 1 aliphatic carbocycles. The van der Waals surface area contributed by atoms with E-state index in [-0.39, 0.29) is 11.8 Å². The van der Waals surface area contributed by atoms with Gasteiger partial charge in [-0.05, 0) is 43.4 Å². The average Bonchev–Trinajstić information content (AvgIpc) is 3.50. The topological polar surface area (TPSA) is 42.0 Å². The summed E-state index contributed by atoms with van der Waals surface area (Å²) in [5.74, 6) is 0.390. The smallest absolute Gasteiger partial charge is 0.227 e. The lowest BCUT2D eigenvalue weighted by atomic mass is 10.1. The minimum absolute atomic E-state index is 0.147. The van der Waals surface area contributed by atoms with Crippen LogP contribution in [-0.2, 0) is 4.79 Å². The summed E-state index contributed by atoms with van der Waals surface area (Å²) in [6, 6.07) is 18.1. The molecular weight excluding hydrogens is 308 g/mol. The molecule has 0 bridgehead atoms. The Morgan fingerprint density at radius 2 is 1.72 bits per heavy atom. The number of amides is 1. The summed E-state index contributed by atoms with van der Waals surface area (Å²) in [7, 11) is 0. The number of carbonyl (C=O) groups is 1. The molecule has 1 saturated carbocycles. The van der Waals surface area contributed by atoms with Gasteiger partial charge in [0.15, 0.2) is 0 Å². The number of carbonyl (C=O) groups excluding carboxylic acids is 1. The minimum Gasteiger partial charge on any atom is -0.326 e. The van der Waals surface area contributed by atoms with Crippen LogP contribution in [0.25, 0.3) is 10.8 Å². The molecule has 130 valence electrons. The molecule has 4 rings (SSSR count). The van der Waals surface area contributed by atoms with Gasteiger partial charge in [-0.2, -0.15) is 0 Å². The van der Waals surface area contributed by atoms with Gasteiger partial charge in [0.2, 0.25) is 5.91 Å². The highest BCUT2D eigenvalue weighted by molar-refractivity contribution is 5.96. The number of aromatic nitrogens is 1. The van der Waals surface area contributed by atoms with Crippen LogP contribution in [0.3, 0.4) is 0 Å². The number of pyridine rings is 1. The predicted molar refractivity (Wildman–Crippen MR) is 106 cm³/mol. The molecule has 0 atom stereocenters. The van der Waals surface area contributed by atoms with E-state index in [0.29, 0.717) is 0 Å². The molecule has 25 heavy (non-hydrogen) atoms. The number of nitrogens with zero attached hydrogens (tertiary/aromatic N) is 1. The Kier molecular flexibility index (Phi) is 7.15. The molecule has 0 radical (unpaired) electrons. The van der Waals surface area contributed by atoms with Gasteiger partial charge in [0.05, 0.1) is 0 Å². The zero-order valence-corrected chi connectivity index (χ0v) is 15.2. The first-order valence-electron chi connectivity index (χ1n) is 8.89. The van der Waals surface area contributed by atoms with Gasteiger partial charge in [0, 0.05) is 29.4 Å². The maximum atomic E-state index is 11.6. The Labute approximate surface area is 150 Å². The fourth-order valence-electron chi connectivity index (χ4n) is 2.29. The van der Waals surface area contributed by atoms with Crippen molar-refractivity contribution in [2.24, 2.45) is 5.92 Å². The Morgan fingerprint density at radius 3 is 2.32 bits per heavy atom. The van der Waals surface area contributed by atoms with Crippen LogP contribution >= 0.6 is 0 Å². The molecule has 0 saturated heterocycles. The van der Waals surface area contributed by atoms with Gasteiger partial charge in [-0.1, -0.05) is 55.8 Å². The molecule has 1 aromatic heterocycles. The van der Waals surface area contributed by atoms with Crippen LogP contribution in [0.15, 0.2) is 67.0 Å². The molecule has 1 aliphatic rings. The number of fused-ring (bicyclic) bond motifs is 1. The van der Waals surface area contributed by atoms with Crippen LogP contribution in [0.1, 0.15) is 32.3 Å². The average molecular weight is 334 g/mol. The Balaban J connectivity index is 0.000000211. The summed E-state index contributed by atoms with van der Waals surface area (Å²) < 4.78 is 0. The van der Waals surface area contributed by atoms with Gasteiger partial charge in [0.1, 0.15) is 0 Å². The summed E-state index contributed by atoms with van der Waals surface area (Å²) in [5.41, 5.74) is 2.19. The third-order valence-electron chi connectivity index (χ3n) is 3.80. The van der Waals surface area contributed by atoms with Crippen molar-refractivity contribution in [2.45, 2.75) is 33.6 Å². The monoisotopic (exact) mass is 334 g/mol. The van der Waals surface area contributed by atoms with Gasteiger partial charge in [-0.25, -0.2) is 0 Å². The highest BCUT2D eigenvalue weighted by Crippen LogP contribution is 2.30. The van der Waals surface area contributed by atoms with E-state index in [1.165, 1.54) is 5.56 Å². The maximum Gasteiger partial charge on any atom is 0.227 e. The SMILES string of the molecule is CC.Cc1ccccc1.O=C(Nc1ccc2cnccc2c1)C1CC1. The lowest BCUT2D eigenvalue weighted by molar-refractivity contribution is -0.117. The van der Waals surface area contributed by atoms with Crippen LogP contribution < -0.4 is 5.32 Å². The quantitative estimate of drug-likeness (QED) is 0.662. The number of rotatable bonds is 2. The molecule has 0 aliphatic heterocycles. The van der Waals surface area contributed by atoms with Gasteiger partial charge < -0.3 is 5.32 Å². The fourth-order valence-corrected chi connectivity index (χ4v) is 2.29. The van der Waals surface area contributed by atoms with Gasteiger partial charge in [0.25, 0.3) is 0 Å². The Bertz CT molecular complexity index is 795. The molecule has 1 amide bonds. The molecule has 2 aromatic carbocycles. The normalized spacial score (nSPS) is 12.3. The summed E-state index contributed by atoms with van der Waals surface area (Å²) in [6.45, 7) is 6.08. The second-order valence-electron chi connectivity index (χ2n) is 5.86. The second-order valence-corrected chi connectivity index (χ2v) is 5.86. The van der Waals surface area contributed by atoms with E-state index < -0.39 is 0 Å². The predicted octanol–water partition coefficient (Wildman–Crippen LogP) is 5.60. The molecular formula is C22H26N2O. The highest BCUT2D eigenvalue weighted by Gasteiger charge is 2.29. The fraction of sp³-hybridized carbons (Fsp3) is 0.273. The largest absolute Gasteiger partial charge is 0.326 e. The van der Waals surface area contributed by atoms with Crippen LogP contribution in [0, 0.1) is 12.8 Å². The molecule has 0 unspecified atom stereocenters. The van der Waals surface area contributed by atoms with Gasteiger partial charge >= 0.3 is 0 Å². The van der Waals surface area contributed by atoms with Crippen molar-refractivity contribution in [2.75, 3.05) is 5.32 Å². The molecule has 0 spiro atoms. The first kappa shape index (κ1) is 18.7. The van der Waals surface area contributed by atoms with E-state index in [0.717, 1.165) is 29.3 Å². The lowest BCUT2D eigenvalue weighted by Crippen LogP contribution is -2.12. The minimum atomic E-state index is 0.147. The number of hydrogen-bond acceptors (Lipinski definition) is 2. The number of nitrogens with one attached hydrogen (secondary N) is 1. The van der Waals surface area contributed by atoms with E-state index in [1.54, 1.807) is 6.20 Å². The highest BCUT2D eigenvalue weighted by atomic mass is 16.2. The van der Waals surface area contributed by atoms with Crippen molar-refractivity contribution in [3.8, 4) is 0 Å². The third kappa shape index (κ3) is 6.03. The van der Waals surface area contributed by atoms with Crippen molar-refractivity contribution >= 4 is 22.4 Å². The third-order valence-corrected chi connectivity index (χ3v) is 3.80. The molecule has 3 nitrogen and oxygen atoms in total. The second kappa shape index (κ2) is 9.58. The summed E-state index contributed by atoms with van der Waals surface area (Å²) in [5, 5.41) is 5.13. The van der Waals surface area contributed by atoms with Crippen LogP contribution in [0.5, 0.6) is 0 Å². The van der Waals surface area contributed by atoms with Crippen LogP contribution in [-0.4, -0.2) is 10.9 Å². The van der Waals surface area contributed by atoms with Crippen molar-refractivity contribution < 1.29 is 4.79 Å². The molecule has 1 N–H and O–H groups in total. The zero-order valence-electron chi connectivity index (χ0n) is 15.2. The summed E-state index contributed by atoms with van der Waals surface area (Å²) in [6.07, 6.45) is 5.64. The Hall–Kier alpha value is -2.68. The molecule has 1 fully saturated rings. The summed E-state index contributed by atoms with van der Waals surface area (Å²) >= 11 is 0. The van der Waals surface area contributed by atoms with Crippen LogP contribution in [0.4, 0.5) is 5.69 Å². The van der Waals surface area contributed by atoms with E-state index in [4.69, 9.17) is 0 Å². The maximum absolute atomic E-state index is 11.6. The van der Waals surface area contributed by atoms with Gasteiger partial charge in [-0.15, -0.1) is 0 Å². The zero-order chi connectivity index (χ0) is 18.1. The van der Waals surface area contributed by atoms with E-state index in [9.17, 15) is 4.79 Å². The first-order valence-corrected chi connectivity index (χ1v) is 8.89. The summed E-state index contributed by atoms with van der Waals surface area (Å²) in [4.78, 5) is 15.6. The van der Waals surface area contributed by atoms with Crippen molar-refractivity contribution in [3.63, 3.8) is 0 Å². The number of benzene rings is 2. The van der Waals surface area contributed by atoms with E-state index in [2.05, 4.69) is 29.4 Å². The van der Waals surface area contributed by atoms with Crippen molar-refractivity contribution in [1.82, 2.24) is 4.98 Å². The molecule has 1 heterocycles. The number of hydrogen-bond donors (Lipinski definition) is 1. The van der Waals surface area contributed by atoms with Crippen molar-refractivity contribution in [3.05, 3.63) is 72.6 Å². The number of anilines is 1. The molecule has 3 heteroatoms. The van der Waals surface area contributed by atoms with E-state index in [1.807, 2.05) is 62.5 Å². The lowest BCUT2D eigenvalue weighted by Gasteiger charge is -2.05. The first-order chi connectivity index (χ1) is 12.2. The molecule has 3 aromatic rings. The van der Waals surface area contributed by atoms with Crippen molar-refractivity contribution in [1.29, 1.82) is 0 Å².